The van der Waals surface area contributed by atoms with Crippen LogP contribution in [-0.2, 0) is 0 Å². The number of benzene rings is 2. The van der Waals surface area contributed by atoms with Crippen molar-refractivity contribution < 1.29 is 9.53 Å². The van der Waals surface area contributed by atoms with E-state index in [9.17, 15) is 4.79 Å². The summed E-state index contributed by atoms with van der Waals surface area (Å²) in [5, 5.41) is 1.88. The van der Waals surface area contributed by atoms with Gasteiger partial charge in [0, 0.05) is 17.3 Å². The van der Waals surface area contributed by atoms with E-state index in [2.05, 4.69) is 11.5 Å². The third-order valence-corrected chi connectivity index (χ3v) is 4.85. The maximum Gasteiger partial charge on any atom is 0.339 e. The Balaban J connectivity index is 1.76. The van der Waals surface area contributed by atoms with Crippen LogP contribution in [0.2, 0.25) is 5.02 Å². The first-order valence-electron chi connectivity index (χ1n) is 9.09. The van der Waals surface area contributed by atoms with Gasteiger partial charge in [-0.1, -0.05) is 30.3 Å². The number of hydrogen-bond acceptors (Lipinski definition) is 4. The first-order valence-corrected chi connectivity index (χ1v) is 9.47. The van der Waals surface area contributed by atoms with E-state index in [1.165, 1.54) is 5.01 Å². The lowest BCUT2D eigenvalue weighted by Gasteiger charge is -2.19. The number of carbonyl (C=O) groups is 1. The highest BCUT2D eigenvalue weighted by Gasteiger charge is 2.39. The first-order chi connectivity index (χ1) is 13.4. The fourth-order valence-corrected chi connectivity index (χ4v) is 3.33. The van der Waals surface area contributed by atoms with Crippen LogP contribution in [0, 0.1) is 0 Å². The van der Waals surface area contributed by atoms with Crippen molar-refractivity contribution in [1.29, 1.82) is 0 Å². The van der Waals surface area contributed by atoms with Crippen LogP contribution in [0.25, 0.3) is 0 Å². The largest absolute Gasteiger partial charge is 0.457 e. The molecule has 1 heterocycles. The molecule has 2 aromatic rings. The van der Waals surface area contributed by atoms with Gasteiger partial charge in [0.05, 0.1) is 0 Å². The summed E-state index contributed by atoms with van der Waals surface area (Å²) in [7, 11) is 4.01. The number of hydrogen-bond donors (Lipinski definition) is 1. The van der Waals surface area contributed by atoms with Crippen molar-refractivity contribution in [2.24, 2.45) is 5.84 Å². The van der Waals surface area contributed by atoms with Crippen LogP contribution in [-0.4, -0.2) is 48.0 Å². The van der Waals surface area contributed by atoms with Gasteiger partial charge in [-0.05, 0) is 69.0 Å². The molecule has 2 N–H and O–H groups in total. The average Bonchev–Trinajstić information content (AvgIpc) is 2.87. The Labute approximate surface area is 170 Å². The Kier molecular flexibility index (Phi) is 6.24. The summed E-state index contributed by atoms with van der Waals surface area (Å²) in [4.78, 5) is 16.3. The second-order valence-corrected chi connectivity index (χ2v) is 7.46. The fourth-order valence-electron chi connectivity index (χ4n) is 3.20. The summed E-state index contributed by atoms with van der Waals surface area (Å²) in [6.45, 7) is 5.60. The zero-order valence-corrected chi connectivity index (χ0v) is 16.9. The Hall–Kier alpha value is -2.54. The van der Waals surface area contributed by atoms with Gasteiger partial charge in [-0.3, -0.25) is 4.90 Å². The molecule has 2 aromatic carbocycles. The summed E-state index contributed by atoms with van der Waals surface area (Å²) >= 11 is 5.91. The van der Waals surface area contributed by atoms with Gasteiger partial charge in [0.15, 0.2) is 0 Å². The predicted molar refractivity (Wildman–Crippen MR) is 111 cm³/mol. The quantitative estimate of drug-likeness (QED) is 0.557. The minimum absolute atomic E-state index is 0.238. The summed E-state index contributed by atoms with van der Waals surface area (Å²) < 4.78 is 5.90. The van der Waals surface area contributed by atoms with Crippen molar-refractivity contribution in [1.82, 2.24) is 14.8 Å². The average molecular weight is 401 g/mol. The molecule has 1 unspecified atom stereocenters. The van der Waals surface area contributed by atoms with Gasteiger partial charge in [-0.15, -0.1) is 0 Å². The van der Waals surface area contributed by atoms with Crippen LogP contribution >= 0.6 is 11.6 Å². The Morgan fingerprint density at radius 2 is 1.89 bits per heavy atom. The molecule has 148 valence electrons. The van der Waals surface area contributed by atoms with E-state index in [1.54, 1.807) is 29.2 Å². The molecule has 0 radical (unpaired) electrons. The van der Waals surface area contributed by atoms with Gasteiger partial charge in [-0.2, -0.15) is 0 Å². The molecule has 2 amide bonds. The molecule has 1 aliphatic rings. The van der Waals surface area contributed by atoms with Crippen LogP contribution in [0.4, 0.5) is 4.79 Å². The molecule has 0 bridgehead atoms. The number of rotatable bonds is 7. The lowest BCUT2D eigenvalue weighted by molar-refractivity contribution is 0.186. The summed E-state index contributed by atoms with van der Waals surface area (Å²) in [6.07, 6.45) is 0.845. The van der Waals surface area contributed by atoms with Crippen molar-refractivity contribution in [3.63, 3.8) is 0 Å². The monoisotopic (exact) mass is 400 g/mol. The summed E-state index contributed by atoms with van der Waals surface area (Å²) in [5.74, 6) is 7.43. The predicted octanol–water partition coefficient (Wildman–Crippen LogP) is 4.25. The fraction of sp³-hybridized carbons (Fsp3) is 0.286. The molecule has 1 fully saturated rings. The number of nitrogens with two attached hydrogens (primary N) is 1. The second kappa shape index (κ2) is 8.65. The Bertz CT molecular complexity index is 854. The van der Waals surface area contributed by atoms with Crippen molar-refractivity contribution in [3.8, 4) is 11.5 Å². The Morgan fingerprint density at radius 3 is 2.57 bits per heavy atom. The summed E-state index contributed by atoms with van der Waals surface area (Å²) in [5.41, 5.74) is 1.53. The van der Waals surface area contributed by atoms with Gasteiger partial charge in [0.25, 0.3) is 0 Å². The molecular weight excluding hydrogens is 376 g/mol. The van der Waals surface area contributed by atoms with Gasteiger partial charge < -0.3 is 9.64 Å². The standard InChI is InChI=1S/C21H25ClN4O2/c1-15-20(26(23)21(27)25(15)13-5-12-24(2)3)16-6-4-7-19(14-16)28-18-10-8-17(22)9-11-18/h4,6-11,14,20H,1,5,12-13,23H2,2-3H3. The summed E-state index contributed by atoms with van der Waals surface area (Å²) in [6, 6.07) is 14.0. The van der Waals surface area contributed by atoms with Crippen molar-refractivity contribution in [2.75, 3.05) is 27.2 Å². The zero-order chi connectivity index (χ0) is 20.3. The number of ether oxygens (including phenoxy) is 1. The molecule has 6 nitrogen and oxygen atoms in total. The molecule has 3 rings (SSSR count). The van der Waals surface area contributed by atoms with Crippen LogP contribution in [0.1, 0.15) is 18.0 Å². The van der Waals surface area contributed by atoms with Crippen molar-refractivity contribution >= 4 is 17.6 Å². The van der Waals surface area contributed by atoms with Crippen LogP contribution < -0.4 is 10.6 Å². The zero-order valence-electron chi connectivity index (χ0n) is 16.1. The molecule has 1 saturated heterocycles. The molecule has 1 aliphatic heterocycles. The number of nitrogens with zero attached hydrogens (tertiary/aromatic N) is 3. The Morgan fingerprint density at radius 1 is 1.18 bits per heavy atom. The highest BCUT2D eigenvalue weighted by Crippen LogP contribution is 2.37. The highest BCUT2D eigenvalue weighted by atomic mass is 35.5. The maximum atomic E-state index is 12.6. The third-order valence-electron chi connectivity index (χ3n) is 4.60. The number of hydrazine groups is 1. The number of carbonyl (C=O) groups excluding carboxylic acids is 1. The lowest BCUT2D eigenvalue weighted by Crippen LogP contribution is -2.38. The minimum atomic E-state index is -0.416. The highest BCUT2D eigenvalue weighted by molar-refractivity contribution is 6.30. The minimum Gasteiger partial charge on any atom is -0.457 e. The van der Waals surface area contributed by atoms with Gasteiger partial charge in [0.2, 0.25) is 0 Å². The van der Waals surface area contributed by atoms with Gasteiger partial charge >= 0.3 is 6.03 Å². The van der Waals surface area contributed by atoms with Gasteiger partial charge in [-0.25, -0.2) is 15.6 Å². The number of amides is 2. The van der Waals surface area contributed by atoms with E-state index >= 15 is 0 Å². The van der Waals surface area contributed by atoms with Crippen molar-refractivity contribution in [2.45, 2.75) is 12.5 Å². The van der Waals surface area contributed by atoms with E-state index in [1.807, 2.05) is 38.4 Å². The van der Waals surface area contributed by atoms with Crippen LogP contribution in [0.3, 0.4) is 0 Å². The normalized spacial score (nSPS) is 17.0. The van der Waals surface area contributed by atoms with E-state index in [4.69, 9.17) is 22.2 Å². The molecule has 7 heteroatoms. The van der Waals surface area contributed by atoms with E-state index in [-0.39, 0.29) is 6.03 Å². The van der Waals surface area contributed by atoms with E-state index in [0.717, 1.165) is 18.5 Å². The van der Waals surface area contributed by atoms with E-state index < -0.39 is 6.04 Å². The van der Waals surface area contributed by atoms with Crippen LogP contribution in [0.15, 0.2) is 60.8 Å². The smallest absolute Gasteiger partial charge is 0.339 e. The molecule has 28 heavy (non-hydrogen) atoms. The molecule has 0 spiro atoms. The van der Waals surface area contributed by atoms with Crippen LogP contribution in [0.5, 0.6) is 11.5 Å². The number of urea groups is 1. The van der Waals surface area contributed by atoms with E-state index in [0.29, 0.717) is 28.8 Å². The lowest BCUT2D eigenvalue weighted by atomic mass is 10.0. The molecule has 0 saturated carbocycles. The second-order valence-electron chi connectivity index (χ2n) is 7.02. The third kappa shape index (κ3) is 4.47. The maximum absolute atomic E-state index is 12.6. The van der Waals surface area contributed by atoms with Crippen molar-refractivity contribution in [3.05, 3.63) is 71.4 Å². The molecular formula is C21H25ClN4O2. The topological polar surface area (TPSA) is 62.0 Å². The molecule has 0 aliphatic carbocycles. The number of halogens is 1. The SMILES string of the molecule is C=C1C(c2cccc(Oc3ccc(Cl)cc3)c2)N(N)C(=O)N1CCCN(C)C. The van der Waals surface area contributed by atoms with Gasteiger partial charge in [0.1, 0.15) is 17.5 Å². The molecule has 1 atom stereocenters. The first kappa shape index (κ1) is 20.2. The molecule has 0 aromatic heterocycles.